The van der Waals surface area contributed by atoms with Gasteiger partial charge in [-0.2, -0.15) is 13.2 Å². The van der Waals surface area contributed by atoms with E-state index in [0.717, 1.165) is 19.1 Å². The SMILES string of the molecule is C.C.CC(C)(C)CC(C)(C)N1CCCCC1.CC(C)(C)CC(C)(O)C(F)(F)F.COc1ccc(C(CC(C)(C)C)N(C)C)cc1. The predicted molar refractivity (Wildman–Crippen MR) is 191 cm³/mol. The summed E-state index contributed by atoms with van der Waals surface area (Å²) in [4.78, 5) is 4.97. The highest BCUT2D eigenvalue weighted by Gasteiger charge is 2.51. The number of ether oxygens (including phenoxy) is 1. The van der Waals surface area contributed by atoms with Gasteiger partial charge in [0, 0.05) is 11.6 Å². The Balaban J connectivity index is -0.000000585. The van der Waals surface area contributed by atoms with E-state index in [9.17, 15) is 13.2 Å². The molecule has 1 heterocycles. The molecule has 270 valence electrons. The highest BCUT2D eigenvalue weighted by molar-refractivity contribution is 5.29. The van der Waals surface area contributed by atoms with E-state index in [4.69, 9.17) is 9.84 Å². The van der Waals surface area contributed by atoms with Crippen LogP contribution in [0.4, 0.5) is 13.2 Å². The van der Waals surface area contributed by atoms with Crippen molar-refractivity contribution in [1.82, 2.24) is 9.80 Å². The number of hydrogen-bond acceptors (Lipinski definition) is 4. The summed E-state index contributed by atoms with van der Waals surface area (Å²) < 4.78 is 41.5. The van der Waals surface area contributed by atoms with E-state index in [-0.39, 0.29) is 21.3 Å². The van der Waals surface area contributed by atoms with Crippen LogP contribution in [0.1, 0.15) is 148 Å². The smallest absolute Gasteiger partial charge is 0.416 e. The van der Waals surface area contributed by atoms with Gasteiger partial charge in [0.25, 0.3) is 0 Å². The first-order valence-corrected chi connectivity index (χ1v) is 15.9. The van der Waals surface area contributed by atoms with Crippen molar-refractivity contribution in [2.24, 2.45) is 16.2 Å². The Morgan fingerprint density at radius 2 is 1.16 bits per heavy atom. The maximum Gasteiger partial charge on any atom is 0.416 e. The van der Waals surface area contributed by atoms with E-state index in [2.05, 4.69) is 91.4 Å². The van der Waals surface area contributed by atoms with Crippen LogP contribution in [0.25, 0.3) is 0 Å². The molecule has 0 bridgehead atoms. The van der Waals surface area contributed by atoms with Crippen molar-refractivity contribution in [3.05, 3.63) is 29.8 Å². The lowest BCUT2D eigenvalue weighted by Crippen LogP contribution is -2.48. The van der Waals surface area contributed by atoms with Gasteiger partial charge in [0.15, 0.2) is 5.60 Å². The number of methoxy groups -OCH3 is 1. The summed E-state index contributed by atoms with van der Waals surface area (Å²) in [5.74, 6) is 0.919. The van der Waals surface area contributed by atoms with Gasteiger partial charge in [-0.1, -0.05) is 95.7 Å². The minimum Gasteiger partial charge on any atom is -0.497 e. The molecule has 2 rings (SSSR count). The van der Waals surface area contributed by atoms with Gasteiger partial charge >= 0.3 is 6.18 Å². The number of piperidine rings is 1. The molecule has 1 fully saturated rings. The number of aliphatic hydroxyl groups is 1. The summed E-state index contributed by atoms with van der Waals surface area (Å²) in [5, 5.41) is 9.06. The number of likely N-dealkylation sites (tertiary alicyclic amines) is 1. The Hall–Kier alpha value is -1.31. The Morgan fingerprint density at radius 1 is 0.733 bits per heavy atom. The van der Waals surface area contributed by atoms with Gasteiger partial charge in [-0.05, 0) is 114 Å². The number of hydrogen-bond donors (Lipinski definition) is 1. The first kappa shape index (κ1) is 48.1. The van der Waals surface area contributed by atoms with Gasteiger partial charge in [0.05, 0.1) is 7.11 Å². The summed E-state index contributed by atoms with van der Waals surface area (Å²) in [5.41, 5.74) is -0.593. The molecule has 4 nitrogen and oxygen atoms in total. The van der Waals surface area contributed by atoms with Crippen LogP contribution in [-0.2, 0) is 0 Å². The van der Waals surface area contributed by atoms with Crippen LogP contribution in [0.5, 0.6) is 5.75 Å². The molecule has 1 aliphatic rings. The summed E-state index contributed by atoms with van der Waals surface area (Å²) in [6.45, 7) is 27.1. The summed E-state index contributed by atoms with van der Waals surface area (Å²) in [6.07, 6.45) is 1.83. The molecule has 1 saturated heterocycles. The molecule has 1 N–H and O–H groups in total. The molecule has 0 saturated carbocycles. The maximum atomic E-state index is 12.1. The van der Waals surface area contributed by atoms with Gasteiger partial charge in [-0.25, -0.2) is 0 Å². The normalized spacial score (nSPS) is 16.9. The second kappa shape index (κ2) is 18.9. The Kier molecular flexibility index (Phi) is 20.2. The van der Waals surface area contributed by atoms with Gasteiger partial charge in [-0.15, -0.1) is 0 Å². The average Bonchev–Trinajstić information content (AvgIpc) is 2.80. The van der Waals surface area contributed by atoms with E-state index >= 15 is 0 Å². The first-order valence-electron chi connectivity index (χ1n) is 15.9. The molecule has 1 aromatic carbocycles. The molecule has 2 atom stereocenters. The minimum atomic E-state index is -4.54. The first-order chi connectivity index (χ1) is 19.1. The molecular weight excluding hydrogens is 573 g/mol. The van der Waals surface area contributed by atoms with Crippen molar-refractivity contribution in [1.29, 1.82) is 0 Å². The molecule has 0 amide bonds. The highest BCUT2D eigenvalue weighted by Crippen LogP contribution is 2.39. The van der Waals surface area contributed by atoms with Crippen molar-refractivity contribution in [3.63, 3.8) is 0 Å². The van der Waals surface area contributed by atoms with E-state index in [1.165, 1.54) is 44.3 Å². The van der Waals surface area contributed by atoms with Crippen LogP contribution < -0.4 is 4.74 Å². The van der Waals surface area contributed by atoms with Gasteiger partial charge in [-0.3, -0.25) is 4.90 Å². The van der Waals surface area contributed by atoms with Gasteiger partial charge < -0.3 is 14.7 Å². The third kappa shape index (κ3) is 20.5. The lowest BCUT2D eigenvalue weighted by atomic mass is 9.80. The number of rotatable bonds is 7. The second-order valence-corrected chi connectivity index (χ2v) is 17.1. The number of alkyl halides is 3. The zero-order chi connectivity index (χ0) is 34.1. The topological polar surface area (TPSA) is 35.9 Å². The quantitative estimate of drug-likeness (QED) is 0.319. The fraction of sp³-hybridized carbons (Fsp3) is 0.842. The van der Waals surface area contributed by atoms with Gasteiger partial charge in [0.2, 0.25) is 0 Å². The van der Waals surface area contributed by atoms with Crippen molar-refractivity contribution in [3.8, 4) is 5.75 Å². The lowest BCUT2D eigenvalue weighted by molar-refractivity contribution is -0.261. The van der Waals surface area contributed by atoms with Crippen molar-refractivity contribution < 1.29 is 23.0 Å². The van der Waals surface area contributed by atoms with Gasteiger partial charge in [0.1, 0.15) is 5.75 Å². The molecule has 0 radical (unpaired) electrons. The molecule has 7 heteroatoms. The monoisotopic (exact) mass is 649 g/mol. The molecule has 0 spiro atoms. The summed E-state index contributed by atoms with van der Waals surface area (Å²) >= 11 is 0. The zero-order valence-electron chi connectivity index (χ0n) is 30.4. The molecular formula is C38H75F3N2O2. The average molecular weight is 649 g/mol. The molecule has 1 aliphatic heterocycles. The maximum absolute atomic E-state index is 12.1. The number of halogens is 3. The number of nitrogens with zero attached hydrogens (tertiary/aromatic N) is 2. The lowest BCUT2D eigenvalue weighted by Gasteiger charge is -2.44. The van der Waals surface area contributed by atoms with Crippen LogP contribution in [0, 0.1) is 16.2 Å². The third-order valence-corrected chi connectivity index (χ3v) is 7.59. The second-order valence-electron chi connectivity index (χ2n) is 17.1. The zero-order valence-corrected chi connectivity index (χ0v) is 30.4. The third-order valence-electron chi connectivity index (χ3n) is 7.59. The van der Waals surface area contributed by atoms with Crippen molar-refractivity contribution in [2.45, 2.75) is 160 Å². The Labute approximate surface area is 278 Å². The summed E-state index contributed by atoms with van der Waals surface area (Å²) in [7, 11) is 5.98. The molecule has 0 aromatic heterocycles. The molecule has 0 aliphatic carbocycles. The van der Waals surface area contributed by atoms with E-state index in [1.54, 1.807) is 27.9 Å². The minimum absolute atomic E-state index is 0. The van der Waals surface area contributed by atoms with E-state index in [0.29, 0.717) is 22.4 Å². The van der Waals surface area contributed by atoms with Crippen LogP contribution in [-0.4, -0.2) is 66.5 Å². The standard InChI is InChI=1S/C15H25NO.C13H27N.C8H15F3O.2CH4/c1-15(2,3)11-14(16(4)5)12-7-9-13(17-6)10-8-12;1-12(2,3)11-13(4,5)14-9-7-6-8-10-14;1-6(2,3)5-7(4,12)8(9,10)11;;/h7-10,14H,11H2,1-6H3;6-11H2,1-5H3;12H,5H2,1-4H3;2*1H4. The van der Waals surface area contributed by atoms with Crippen LogP contribution in [0.2, 0.25) is 0 Å². The van der Waals surface area contributed by atoms with Crippen LogP contribution >= 0.6 is 0 Å². The fourth-order valence-electron chi connectivity index (χ4n) is 6.05. The largest absolute Gasteiger partial charge is 0.497 e. The van der Waals surface area contributed by atoms with E-state index in [1.807, 2.05) is 12.1 Å². The number of benzene rings is 1. The molecule has 45 heavy (non-hydrogen) atoms. The molecule has 1 aromatic rings. The summed E-state index contributed by atoms with van der Waals surface area (Å²) in [6, 6.07) is 8.86. The fourth-order valence-corrected chi connectivity index (χ4v) is 6.05. The Morgan fingerprint density at radius 3 is 1.44 bits per heavy atom. The molecule has 2 unspecified atom stereocenters. The Bertz CT molecular complexity index is 897. The van der Waals surface area contributed by atoms with Crippen molar-refractivity contribution in [2.75, 3.05) is 34.3 Å². The van der Waals surface area contributed by atoms with E-state index < -0.39 is 17.2 Å². The van der Waals surface area contributed by atoms with Crippen LogP contribution in [0.3, 0.4) is 0 Å². The van der Waals surface area contributed by atoms with Crippen LogP contribution in [0.15, 0.2) is 24.3 Å². The predicted octanol–water partition coefficient (Wildman–Crippen LogP) is 11.4. The highest BCUT2D eigenvalue weighted by atomic mass is 19.4. The van der Waals surface area contributed by atoms with Crippen molar-refractivity contribution >= 4 is 0 Å².